The summed E-state index contributed by atoms with van der Waals surface area (Å²) >= 11 is 0. The lowest BCUT2D eigenvalue weighted by Gasteiger charge is -2.23. The molecule has 9 heavy (non-hydrogen) atoms. The third-order valence-electron chi connectivity index (χ3n) is 1.40. The zero-order chi connectivity index (χ0) is 7.49. The van der Waals surface area contributed by atoms with Crippen LogP contribution in [-0.2, 0) is 4.79 Å². The first kappa shape index (κ1) is 8.47. The van der Waals surface area contributed by atoms with E-state index in [1.807, 2.05) is 13.8 Å². The van der Waals surface area contributed by atoms with Gasteiger partial charge in [-0.2, -0.15) is 0 Å². The van der Waals surface area contributed by atoms with Crippen molar-refractivity contribution < 1.29 is 4.79 Å². The Hall–Kier alpha value is -0.530. The summed E-state index contributed by atoms with van der Waals surface area (Å²) in [5.41, 5.74) is -0.0359. The van der Waals surface area contributed by atoms with Gasteiger partial charge in [-0.3, -0.25) is 4.79 Å². The molecule has 0 unspecified atom stereocenters. The van der Waals surface area contributed by atoms with Gasteiger partial charge in [0, 0.05) is 12.5 Å². The van der Waals surface area contributed by atoms with E-state index >= 15 is 0 Å². The predicted molar refractivity (Wildman–Crippen MR) is 38.2 cm³/mol. The van der Waals surface area contributed by atoms with Crippen LogP contribution in [0.25, 0.3) is 0 Å². The molecule has 54 valence electrons. The lowest BCUT2D eigenvalue weighted by atomic mass is 10.0. The standard InChI is InChI=1S/C7H15NO/c1-5-7(3,4)8-6(2)9/h5H2,1-4H3,(H,8,9). The average Bonchev–Trinajstić information content (AvgIpc) is 1.63. The van der Waals surface area contributed by atoms with Crippen LogP contribution in [0.2, 0.25) is 0 Å². The lowest BCUT2D eigenvalue weighted by Crippen LogP contribution is -2.41. The van der Waals surface area contributed by atoms with Crippen LogP contribution in [0.15, 0.2) is 0 Å². The van der Waals surface area contributed by atoms with Crippen LogP contribution in [-0.4, -0.2) is 11.4 Å². The van der Waals surface area contributed by atoms with Gasteiger partial charge in [0.05, 0.1) is 0 Å². The first-order valence-corrected chi connectivity index (χ1v) is 3.26. The molecule has 2 nitrogen and oxygen atoms in total. The molecular formula is C7H15NO. The molecule has 0 saturated carbocycles. The van der Waals surface area contributed by atoms with Gasteiger partial charge in [-0.25, -0.2) is 0 Å². The smallest absolute Gasteiger partial charge is 0.217 e. The number of amides is 1. The largest absolute Gasteiger partial charge is 0.351 e. The van der Waals surface area contributed by atoms with Crippen LogP contribution < -0.4 is 5.32 Å². The minimum atomic E-state index is -0.0359. The Morgan fingerprint density at radius 1 is 1.56 bits per heavy atom. The molecule has 0 aromatic heterocycles. The van der Waals surface area contributed by atoms with E-state index in [0.29, 0.717) is 0 Å². The summed E-state index contributed by atoms with van der Waals surface area (Å²) in [5.74, 6) is 0.0434. The third kappa shape index (κ3) is 4.01. The van der Waals surface area contributed by atoms with Crippen molar-refractivity contribution >= 4 is 5.91 Å². The molecule has 0 aliphatic carbocycles. The van der Waals surface area contributed by atoms with Crippen LogP contribution in [0, 0.1) is 0 Å². The molecule has 0 aromatic carbocycles. The summed E-state index contributed by atoms with van der Waals surface area (Å²) in [7, 11) is 0. The van der Waals surface area contributed by atoms with Crippen molar-refractivity contribution in [1.82, 2.24) is 5.32 Å². The zero-order valence-corrected chi connectivity index (χ0v) is 6.62. The number of rotatable bonds is 2. The molecule has 0 atom stereocenters. The molecule has 0 aliphatic heterocycles. The SMILES string of the molecule is CCC(C)(C)NC(C)=O. The molecule has 0 bridgehead atoms. The van der Waals surface area contributed by atoms with E-state index in [2.05, 4.69) is 12.2 Å². The van der Waals surface area contributed by atoms with Crippen molar-refractivity contribution in [2.45, 2.75) is 39.7 Å². The highest BCUT2D eigenvalue weighted by molar-refractivity contribution is 5.73. The van der Waals surface area contributed by atoms with Crippen molar-refractivity contribution in [1.29, 1.82) is 0 Å². The minimum absolute atomic E-state index is 0.0359. The maximum Gasteiger partial charge on any atom is 0.217 e. The van der Waals surface area contributed by atoms with Gasteiger partial charge >= 0.3 is 0 Å². The molecule has 0 fully saturated rings. The Labute approximate surface area is 56.6 Å². The molecule has 0 radical (unpaired) electrons. The fraction of sp³-hybridized carbons (Fsp3) is 0.857. The van der Waals surface area contributed by atoms with Crippen molar-refractivity contribution in [3.8, 4) is 0 Å². The molecular weight excluding hydrogens is 114 g/mol. The van der Waals surface area contributed by atoms with Crippen LogP contribution in [0.5, 0.6) is 0 Å². The van der Waals surface area contributed by atoms with E-state index in [9.17, 15) is 4.79 Å². The van der Waals surface area contributed by atoms with E-state index < -0.39 is 0 Å². The van der Waals surface area contributed by atoms with Crippen molar-refractivity contribution in [2.24, 2.45) is 0 Å². The summed E-state index contributed by atoms with van der Waals surface area (Å²) < 4.78 is 0. The fourth-order valence-corrected chi connectivity index (χ4v) is 0.565. The maximum atomic E-state index is 10.5. The summed E-state index contributed by atoms with van der Waals surface area (Å²) in [6.07, 6.45) is 0.965. The van der Waals surface area contributed by atoms with Gasteiger partial charge in [-0.1, -0.05) is 6.92 Å². The zero-order valence-electron chi connectivity index (χ0n) is 6.62. The molecule has 1 amide bonds. The van der Waals surface area contributed by atoms with Gasteiger partial charge in [0.2, 0.25) is 5.91 Å². The van der Waals surface area contributed by atoms with Crippen molar-refractivity contribution in [3.63, 3.8) is 0 Å². The fourth-order valence-electron chi connectivity index (χ4n) is 0.565. The van der Waals surface area contributed by atoms with Crippen molar-refractivity contribution in [2.75, 3.05) is 0 Å². The summed E-state index contributed by atoms with van der Waals surface area (Å²) in [5, 5.41) is 2.83. The van der Waals surface area contributed by atoms with Crippen molar-refractivity contribution in [3.05, 3.63) is 0 Å². The Balaban J connectivity index is 3.71. The lowest BCUT2D eigenvalue weighted by molar-refractivity contribution is -0.120. The molecule has 0 aromatic rings. The maximum absolute atomic E-state index is 10.5. The molecule has 1 N–H and O–H groups in total. The number of hydrogen-bond donors (Lipinski definition) is 1. The number of carbonyl (C=O) groups excluding carboxylic acids is 1. The van der Waals surface area contributed by atoms with Gasteiger partial charge in [0.1, 0.15) is 0 Å². The second kappa shape index (κ2) is 2.85. The minimum Gasteiger partial charge on any atom is -0.351 e. The molecule has 2 heteroatoms. The summed E-state index contributed by atoms with van der Waals surface area (Å²) in [4.78, 5) is 10.5. The van der Waals surface area contributed by atoms with E-state index in [-0.39, 0.29) is 11.4 Å². The topological polar surface area (TPSA) is 29.1 Å². The van der Waals surface area contributed by atoms with Gasteiger partial charge in [0.25, 0.3) is 0 Å². The monoisotopic (exact) mass is 129 g/mol. The van der Waals surface area contributed by atoms with E-state index in [4.69, 9.17) is 0 Å². The molecule has 0 aliphatic rings. The normalized spacial score (nSPS) is 11.1. The molecule has 0 rings (SSSR count). The van der Waals surface area contributed by atoms with Crippen LogP contribution in [0.4, 0.5) is 0 Å². The first-order valence-electron chi connectivity index (χ1n) is 3.26. The number of nitrogens with one attached hydrogen (secondary N) is 1. The average molecular weight is 129 g/mol. The van der Waals surface area contributed by atoms with Crippen LogP contribution >= 0.6 is 0 Å². The van der Waals surface area contributed by atoms with Gasteiger partial charge in [-0.15, -0.1) is 0 Å². The van der Waals surface area contributed by atoms with Crippen LogP contribution in [0.1, 0.15) is 34.1 Å². The Morgan fingerprint density at radius 2 is 2.00 bits per heavy atom. The van der Waals surface area contributed by atoms with Gasteiger partial charge in [-0.05, 0) is 20.3 Å². The van der Waals surface area contributed by atoms with E-state index in [0.717, 1.165) is 6.42 Å². The number of hydrogen-bond acceptors (Lipinski definition) is 1. The predicted octanol–water partition coefficient (Wildman–Crippen LogP) is 1.31. The Morgan fingerprint density at radius 3 is 2.11 bits per heavy atom. The Bertz CT molecular complexity index is 107. The highest BCUT2D eigenvalue weighted by atomic mass is 16.1. The quantitative estimate of drug-likeness (QED) is 0.598. The van der Waals surface area contributed by atoms with E-state index in [1.165, 1.54) is 6.92 Å². The van der Waals surface area contributed by atoms with Gasteiger partial charge < -0.3 is 5.32 Å². The molecule has 0 saturated heterocycles. The van der Waals surface area contributed by atoms with Gasteiger partial charge in [0.15, 0.2) is 0 Å². The summed E-state index contributed by atoms with van der Waals surface area (Å²) in [6.45, 7) is 7.61. The highest BCUT2D eigenvalue weighted by Gasteiger charge is 2.14. The highest BCUT2D eigenvalue weighted by Crippen LogP contribution is 2.05. The van der Waals surface area contributed by atoms with Crippen LogP contribution in [0.3, 0.4) is 0 Å². The molecule has 0 spiro atoms. The first-order chi connectivity index (χ1) is 3.98. The van der Waals surface area contributed by atoms with E-state index in [1.54, 1.807) is 0 Å². The summed E-state index contributed by atoms with van der Waals surface area (Å²) in [6, 6.07) is 0. The third-order valence-corrected chi connectivity index (χ3v) is 1.40. The molecule has 0 heterocycles. The number of carbonyl (C=O) groups is 1. The Kier molecular flexibility index (Phi) is 2.68. The second-order valence-electron chi connectivity index (χ2n) is 2.92. The second-order valence-corrected chi connectivity index (χ2v) is 2.92.